The number of methoxy groups -OCH3 is 1. The molecule has 2 N–H and O–H groups in total. The van der Waals surface area contributed by atoms with E-state index in [4.69, 9.17) is 10.5 Å². The summed E-state index contributed by atoms with van der Waals surface area (Å²) in [4.78, 5) is 23.1. The molecule has 0 aromatic heterocycles. The molecule has 15 heavy (non-hydrogen) atoms. The van der Waals surface area contributed by atoms with E-state index in [1.54, 1.807) is 12.1 Å². The van der Waals surface area contributed by atoms with Crippen molar-refractivity contribution >= 4 is 17.3 Å². The lowest BCUT2D eigenvalue weighted by Crippen LogP contribution is -2.15. The normalized spacial score (nSPS) is 13.9. The number of fused-ring (bicyclic) bond motifs is 1. The van der Waals surface area contributed by atoms with Crippen LogP contribution in [0.15, 0.2) is 24.3 Å². The molecule has 0 atom stereocenters. The molecule has 0 aliphatic heterocycles. The van der Waals surface area contributed by atoms with E-state index in [1.165, 1.54) is 19.3 Å². The third-order valence-electron chi connectivity index (χ3n) is 2.30. The molecule has 4 nitrogen and oxygen atoms in total. The van der Waals surface area contributed by atoms with Crippen LogP contribution in [-0.2, 0) is 0 Å². The van der Waals surface area contributed by atoms with Gasteiger partial charge in [0.1, 0.15) is 5.75 Å². The molecule has 0 unspecified atom stereocenters. The average molecular weight is 203 g/mol. The smallest absolute Gasteiger partial charge is 0.190 e. The summed E-state index contributed by atoms with van der Waals surface area (Å²) >= 11 is 0. The van der Waals surface area contributed by atoms with Crippen LogP contribution in [0.3, 0.4) is 0 Å². The summed E-state index contributed by atoms with van der Waals surface area (Å²) in [6.45, 7) is 0. The van der Waals surface area contributed by atoms with Gasteiger partial charge >= 0.3 is 0 Å². The Morgan fingerprint density at radius 1 is 1.07 bits per heavy atom. The molecular weight excluding hydrogens is 194 g/mol. The predicted octanol–water partition coefficient (Wildman–Crippen LogP) is 1.21. The van der Waals surface area contributed by atoms with Gasteiger partial charge in [-0.3, -0.25) is 9.59 Å². The van der Waals surface area contributed by atoms with Crippen LogP contribution in [0.2, 0.25) is 0 Å². The molecule has 0 spiro atoms. The lowest BCUT2D eigenvalue weighted by molar-refractivity contribution is 0.0992. The van der Waals surface area contributed by atoms with Crippen molar-refractivity contribution in [2.24, 2.45) is 0 Å². The van der Waals surface area contributed by atoms with Crippen molar-refractivity contribution in [3.63, 3.8) is 0 Å². The Morgan fingerprint density at radius 2 is 1.67 bits per heavy atom. The van der Waals surface area contributed by atoms with Gasteiger partial charge < -0.3 is 10.5 Å². The minimum atomic E-state index is -0.263. The fourth-order valence-corrected chi connectivity index (χ4v) is 1.60. The summed E-state index contributed by atoms with van der Waals surface area (Å²) in [6, 6.07) is 3.14. The molecule has 0 amide bonds. The highest BCUT2D eigenvalue weighted by Crippen LogP contribution is 2.30. The monoisotopic (exact) mass is 203 g/mol. The Morgan fingerprint density at radius 3 is 2.27 bits per heavy atom. The minimum Gasteiger partial charge on any atom is -0.496 e. The molecule has 0 fully saturated rings. The number of carbonyl (C=O) groups excluding carboxylic acids is 2. The van der Waals surface area contributed by atoms with Crippen molar-refractivity contribution in [1.82, 2.24) is 0 Å². The molecule has 1 aromatic carbocycles. The SMILES string of the molecule is COc1ccc(N)c2c1C(=O)C=CC2=O. The van der Waals surface area contributed by atoms with Crippen molar-refractivity contribution in [2.75, 3.05) is 12.8 Å². The second kappa shape index (κ2) is 3.24. The highest BCUT2D eigenvalue weighted by molar-refractivity contribution is 6.25. The summed E-state index contributed by atoms with van der Waals surface area (Å²) in [7, 11) is 1.45. The Labute approximate surface area is 86.3 Å². The van der Waals surface area contributed by atoms with Gasteiger partial charge in [0.2, 0.25) is 0 Å². The number of nitrogen functional groups attached to an aromatic ring is 1. The number of carbonyl (C=O) groups is 2. The zero-order valence-corrected chi connectivity index (χ0v) is 8.11. The van der Waals surface area contributed by atoms with Gasteiger partial charge in [-0.1, -0.05) is 0 Å². The van der Waals surface area contributed by atoms with Crippen LogP contribution in [0, 0.1) is 0 Å². The molecule has 1 aromatic rings. The third-order valence-corrected chi connectivity index (χ3v) is 2.30. The van der Waals surface area contributed by atoms with E-state index in [9.17, 15) is 9.59 Å². The predicted molar refractivity (Wildman–Crippen MR) is 55.2 cm³/mol. The standard InChI is InChI=1S/C11H9NO3/c1-15-9-5-2-6(12)10-7(13)3-4-8(14)11(9)10/h2-5H,12H2,1H3. The van der Waals surface area contributed by atoms with Crippen LogP contribution in [0.4, 0.5) is 5.69 Å². The fraction of sp³-hybridized carbons (Fsp3) is 0.0909. The summed E-state index contributed by atoms with van der Waals surface area (Å²) in [5.41, 5.74) is 6.45. The van der Waals surface area contributed by atoms with Gasteiger partial charge in [-0.25, -0.2) is 0 Å². The first-order chi connectivity index (χ1) is 7.15. The van der Waals surface area contributed by atoms with Gasteiger partial charge in [-0.2, -0.15) is 0 Å². The van der Waals surface area contributed by atoms with Crippen LogP contribution < -0.4 is 10.5 Å². The number of nitrogens with two attached hydrogens (primary N) is 1. The van der Waals surface area contributed by atoms with Crippen molar-refractivity contribution in [3.05, 3.63) is 35.4 Å². The number of benzene rings is 1. The van der Waals surface area contributed by atoms with Crippen molar-refractivity contribution in [1.29, 1.82) is 0 Å². The second-order valence-electron chi connectivity index (χ2n) is 3.17. The highest BCUT2D eigenvalue weighted by Gasteiger charge is 2.25. The molecule has 0 radical (unpaired) electrons. The van der Waals surface area contributed by atoms with E-state index < -0.39 is 0 Å². The van der Waals surface area contributed by atoms with Gasteiger partial charge in [-0.15, -0.1) is 0 Å². The van der Waals surface area contributed by atoms with E-state index >= 15 is 0 Å². The van der Waals surface area contributed by atoms with E-state index in [2.05, 4.69) is 0 Å². The van der Waals surface area contributed by atoms with E-state index in [0.717, 1.165) is 0 Å². The summed E-state index contributed by atoms with van der Waals surface area (Å²) in [5.74, 6) is -0.142. The minimum absolute atomic E-state index is 0.238. The molecule has 76 valence electrons. The maximum absolute atomic E-state index is 11.6. The lowest BCUT2D eigenvalue weighted by atomic mass is 9.92. The fourth-order valence-electron chi connectivity index (χ4n) is 1.60. The largest absolute Gasteiger partial charge is 0.496 e. The number of ether oxygens (including phenoxy) is 1. The van der Waals surface area contributed by atoms with Gasteiger partial charge in [0.25, 0.3) is 0 Å². The quantitative estimate of drug-likeness (QED) is 0.696. The Bertz CT molecular complexity index is 489. The van der Waals surface area contributed by atoms with Gasteiger partial charge in [-0.05, 0) is 24.3 Å². The number of hydrogen-bond donors (Lipinski definition) is 1. The van der Waals surface area contributed by atoms with Gasteiger partial charge in [0.15, 0.2) is 11.6 Å². The van der Waals surface area contributed by atoms with Gasteiger partial charge in [0, 0.05) is 5.69 Å². The van der Waals surface area contributed by atoms with Crippen molar-refractivity contribution in [3.8, 4) is 5.75 Å². The molecular formula is C11H9NO3. The second-order valence-corrected chi connectivity index (χ2v) is 3.17. The zero-order chi connectivity index (χ0) is 11.0. The number of anilines is 1. The van der Waals surface area contributed by atoms with Gasteiger partial charge in [0.05, 0.1) is 18.2 Å². The average Bonchev–Trinajstić information content (AvgIpc) is 2.23. The van der Waals surface area contributed by atoms with Crippen LogP contribution in [-0.4, -0.2) is 18.7 Å². The van der Waals surface area contributed by atoms with Crippen LogP contribution in [0.5, 0.6) is 5.75 Å². The number of allylic oxidation sites excluding steroid dienone is 2. The number of rotatable bonds is 1. The molecule has 0 heterocycles. The molecule has 1 aliphatic rings. The van der Waals surface area contributed by atoms with E-state index in [1.807, 2.05) is 0 Å². The van der Waals surface area contributed by atoms with Crippen LogP contribution in [0.25, 0.3) is 0 Å². The maximum Gasteiger partial charge on any atom is 0.190 e. The number of ketones is 2. The van der Waals surface area contributed by atoms with E-state index in [0.29, 0.717) is 11.4 Å². The molecule has 0 saturated heterocycles. The Hall–Kier alpha value is -2.10. The summed E-state index contributed by atoms with van der Waals surface area (Å²) in [6.07, 6.45) is 2.45. The highest BCUT2D eigenvalue weighted by atomic mass is 16.5. The summed E-state index contributed by atoms with van der Waals surface area (Å²) < 4.78 is 5.02. The summed E-state index contributed by atoms with van der Waals surface area (Å²) in [5, 5.41) is 0. The van der Waals surface area contributed by atoms with Crippen molar-refractivity contribution in [2.45, 2.75) is 0 Å². The molecule has 0 saturated carbocycles. The first kappa shape index (κ1) is 9.45. The zero-order valence-electron chi connectivity index (χ0n) is 8.11. The topological polar surface area (TPSA) is 69.4 Å². The molecule has 4 heteroatoms. The first-order valence-electron chi connectivity index (χ1n) is 4.38. The molecule has 2 rings (SSSR count). The third kappa shape index (κ3) is 1.30. The maximum atomic E-state index is 11.6. The molecule has 0 bridgehead atoms. The van der Waals surface area contributed by atoms with Crippen LogP contribution in [0.1, 0.15) is 20.7 Å². The number of hydrogen-bond acceptors (Lipinski definition) is 4. The Balaban J connectivity index is 2.78. The molecule has 1 aliphatic carbocycles. The Kier molecular flexibility index (Phi) is 2.04. The van der Waals surface area contributed by atoms with Crippen molar-refractivity contribution < 1.29 is 14.3 Å². The van der Waals surface area contributed by atoms with E-state index in [-0.39, 0.29) is 22.7 Å². The lowest BCUT2D eigenvalue weighted by Gasteiger charge is -2.14. The van der Waals surface area contributed by atoms with Crippen LogP contribution >= 0.6 is 0 Å². The first-order valence-corrected chi connectivity index (χ1v) is 4.38.